The predicted molar refractivity (Wildman–Crippen MR) is 45.3 cm³/mol. The van der Waals surface area contributed by atoms with E-state index in [0.29, 0.717) is 0 Å². The van der Waals surface area contributed by atoms with Crippen LogP contribution in [-0.4, -0.2) is 6.29 Å². The predicted octanol–water partition coefficient (Wildman–Crippen LogP) is 1.81. The summed E-state index contributed by atoms with van der Waals surface area (Å²) in [5.74, 6) is 0. The maximum atomic E-state index is 9.87. The minimum Gasteiger partial charge on any atom is -0.362 e. The van der Waals surface area contributed by atoms with E-state index in [1.54, 1.807) is 6.20 Å². The van der Waals surface area contributed by atoms with Gasteiger partial charge in [0.2, 0.25) is 0 Å². The van der Waals surface area contributed by atoms with Crippen LogP contribution in [0.15, 0.2) is 42.6 Å². The van der Waals surface area contributed by atoms with Crippen LogP contribution >= 0.6 is 0 Å². The molecule has 2 heteroatoms. The highest BCUT2D eigenvalue weighted by atomic mass is 16.1. The third kappa shape index (κ3) is 2.67. The molecule has 0 bridgehead atoms. The molecule has 11 heavy (non-hydrogen) atoms. The van der Waals surface area contributed by atoms with Crippen LogP contribution in [0.2, 0.25) is 0 Å². The molecule has 0 aromatic heterocycles. The third-order valence-corrected chi connectivity index (χ3v) is 1.20. The van der Waals surface area contributed by atoms with Gasteiger partial charge < -0.3 is 5.32 Å². The Morgan fingerprint density at radius 1 is 1.18 bits per heavy atom. The molecule has 0 radical (unpaired) electrons. The fourth-order valence-corrected chi connectivity index (χ4v) is 0.718. The highest BCUT2D eigenvalue weighted by Gasteiger charge is 1.81. The largest absolute Gasteiger partial charge is 0.362 e. The second kappa shape index (κ2) is 4.28. The first-order valence-electron chi connectivity index (χ1n) is 3.35. The second-order valence-corrected chi connectivity index (χ2v) is 2.01. The molecule has 0 saturated heterocycles. The van der Waals surface area contributed by atoms with Gasteiger partial charge in [0.05, 0.1) is 0 Å². The van der Waals surface area contributed by atoms with Crippen LogP contribution in [-0.2, 0) is 4.79 Å². The number of anilines is 1. The number of rotatable bonds is 3. The lowest BCUT2D eigenvalue weighted by Crippen LogP contribution is -1.85. The summed E-state index contributed by atoms with van der Waals surface area (Å²) >= 11 is 0. The van der Waals surface area contributed by atoms with E-state index in [4.69, 9.17) is 0 Å². The number of allylic oxidation sites excluding steroid dienone is 1. The van der Waals surface area contributed by atoms with Gasteiger partial charge in [-0.3, -0.25) is 4.79 Å². The maximum Gasteiger partial charge on any atom is 0.144 e. The van der Waals surface area contributed by atoms with Gasteiger partial charge >= 0.3 is 0 Å². The van der Waals surface area contributed by atoms with Gasteiger partial charge in [-0.15, -0.1) is 0 Å². The lowest BCUT2D eigenvalue weighted by molar-refractivity contribution is -0.104. The lowest BCUT2D eigenvalue weighted by atomic mass is 10.3. The summed E-state index contributed by atoms with van der Waals surface area (Å²) in [5.41, 5.74) is 0.977. The van der Waals surface area contributed by atoms with Gasteiger partial charge in [0, 0.05) is 11.9 Å². The Labute approximate surface area is 65.5 Å². The van der Waals surface area contributed by atoms with E-state index < -0.39 is 0 Å². The molecular weight excluding hydrogens is 138 g/mol. The van der Waals surface area contributed by atoms with Crippen molar-refractivity contribution in [1.82, 2.24) is 0 Å². The van der Waals surface area contributed by atoms with Crippen LogP contribution < -0.4 is 5.32 Å². The molecule has 1 rings (SSSR count). The summed E-state index contributed by atoms with van der Waals surface area (Å²) in [4.78, 5) is 9.87. The number of aldehydes is 1. The maximum absolute atomic E-state index is 9.87. The molecule has 0 aliphatic carbocycles. The molecule has 0 unspecified atom stereocenters. The van der Waals surface area contributed by atoms with Crippen molar-refractivity contribution in [3.63, 3.8) is 0 Å². The topological polar surface area (TPSA) is 29.1 Å². The first-order valence-corrected chi connectivity index (χ1v) is 3.35. The van der Waals surface area contributed by atoms with Gasteiger partial charge in [-0.2, -0.15) is 0 Å². The molecule has 2 nitrogen and oxygen atoms in total. The van der Waals surface area contributed by atoms with E-state index in [1.807, 2.05) is 30.3 Å². The number of carbonyl (C=O) groups is 1. The van der Waals surface area contributed by atoms with Crippen LogP contribution in [0, 0.1) is 0 Å². The molecule has 0 aliphatic rings. The van der Waals surface area contributed by atoms with E-state index >= 15 is 0 Å². The molecule has 0 saturated carbocycles. The Balaban J connectivity index is 2.51. The molecule has 1 N–H and O–H groups in total. The van der Waals surface area contributed by atoms with Crippen LogP contribution in [0.4, 0.5) is 5.69 Å². The Morgan fingerprint density at radius 2 is 1.91 bits per heavy atom. The van der Waals surface area contributed by atoms with Crippen LogP contribution in [0.1, 0.15) is 0 Å². The van der Waals surface area contributed by atoms with Crippen molar-refractivity contribution in [3.05, 3.63) is 42.6 Å². The normalized spacial score (nSPS) is 9.82. The summed E-state index contributed by atoms with van der Waals surface area (Å²) in [5, 5.41) is 2.93. The molecule has 1 aromatic rings. The molecule has 0 amide bonds. The number of carbonyl (C=O) groups excluding carboxylic acids is 1. The average molecular weight is 147 g/mol. The highest BCUT2D eigenvalue weighted by Crippen LogP contribution is 2.03. The van der Waals surface area contributed by atoms with Gasteiger partial charge in [0.25, 0.3) is 0 Å². The van der Waals surface area contributed by atoms with Crippen LogP contribution in [0.3, 0.4) is 0 Å². The molecular formula is C9H9NO. The fourth-order valence-electron chi connectivity index (χ4n) is 0.718. The summed E-state index contributed by atoms with van der Waals surface area (Å²) in [6, 6.07) is 9.65. The number of hydrogen-bond donors (Lipinski definition) is 1. The van der Waals surface area contributed by atoms with Gasteiger partial charge in [-0.1, -0.05) is 18.2 Å². The average Bonchev–Trinajstić information content (AvgIpc) is 2.07. The van der Waals surface area contributed by atoms with Crippen LogP contribution in [0.25, 0.3) is 0 Å². The fraction of sp³-hybridized carbons (Fsp3) is 0. The summed E-state index contributed by atoms with van der Waals surface area (Å²) in [6.07, 6.45) is 3.74. The van der Waals surface area contributed by atoms with E-state index in [9.17, 15) is 4.79 Å². The van der Waals surface area contributed by atoms with Crippen molar-refractivity contribution in [2.24, 2.45) is 0 Å². The van der Waals surface area contributed by atoms with Crippen molar-refractivity contribution < 1.29 is 4.79 Å². The zero-order chi connectivity index (χ0) is 7.94. The van der Waals surface area contributed by atoms with Crippen molar-refractivity contribution >= 4 is 12.0 Å². The Kier molecular flexibility index (Phi) is 2.93. The molecule has 0 heterocycles. The second-order valence-electron chi connectivity index (χ2n) is 2.01. The molecule has 0 spiro atoms. The zero-order valence-corrected chi connectivity index (χ0v) is 6.03. The van der Waals surface area contributed by atoms with Crippen molar-refractivity contribution in [2.45, 2.75) is 0 Å². The first-order chi connectivity index (χ1) is 5.43. The Hall–Kier alpha value is -1.57. The van der Waals surface area contributed by atoms with E-state index in [0.717, 1.165) is 12.0 Å². The third-order valence-electron chi connectivity index (χ3n) is 1.20. The molecule has 1 aromatic carbocycles. The highest BCUT2D eigenvalue weighted by molar-refractivity contribution is 5.65. The minimum atomic E-state index is 0.732. The van der Waals surface area contributed by atoms with E-state index in [1.165, 1.54) is 6.08 Å². The van der Waals surface area contributed by atoms with Crippen LogP contribution in [0.5, 0.6) is 0 Å². The monoisotopic (exact) mass is 147 g/mol. The van der Waals surface area contributed by atoms with Gasteiger partial charge in [-0.05, 0) is 18.2 Å². The first kappa shape index (κ1) is 7.54. The SMILES string of the molecule is O=C/C=C/Nc1ccccc1. The zero-order valence-electron chi connectivity index (χ0n) is 6.03. The molecule has 0 fully saturated rings. The molecule has 56 valence electrons. The van der Waals surface area contributed by atoms with Gasteiger partial charge in [0.15, 0.2) is 0 Å². The summed E-state index contributed by atoms with van der Waals surface area (Å²) in [7, 11) is 0. The number of para-hydroxylation sites is 1. The number of hydrogen-bond acceptors (Lipinski definition) is 2. The Morgan fingerprint density at radius 3 is 2.55 bits per heavy atom. The molecule has 0 atom stereocenters. The lowest BCUT2D eigenvalue weighted by Gasteiger charge is -1.96. The standard InChI is InChI=1S/C9H9NO/c11-8-4-7-10-9-5-2-1-3-6-9/h1-8,10H/b7-4+. The van der Waals surface area contributed by atoms with Crippen molar-refractivity contribution in [1.29, 1.82) is 0 Å². The van der Waals surface area contributed by atoms with Crippen molar-refractivity contribution in [3.8, 4) is 0 Å². The van der Waals surface area contributed by atoms with Gasteiger partial charge in [-0.25, -0.2) is 0 Å². The van der Waals surface area contributed by atoms with E-state index in [-0.39, 0.29) is 0 Å². The van der Waals surface area contributed by atoms with E-state index in [2.05, 4.69) is 5.32 Å². The summed E-state index contributed by atoms with van der Waals surface area (Å²) in [6.45, 7) is 0. The Bertz CT molecular complexity index is 241. The summed E-state index contributed by atoms with van der Waals surface area (Å²) < 4.78 is 0. The molecule has 0 aliphatic heterocycles. The number of benzene rings is 1. The van der Waals surface area contributed by atoms with Gasteiger partial charge in [0.1, 0.15) is 6.29 Å². The smallest absolute Gasteiger partial charge is 0.144 e. The minimum absolute atomic E-state index is 0.732. The quantitative estimate of drug-likeness (QED) is 0.522. The number of nitrogens with one attached hydrogen (secondary N) is 1. The van der Waals surface area contributed by atoms with Crippen molar-refractivity contribution in [2.75, 3.05) is 5.32 Å².